The van der Waals surface area contributed by atoms with Gasteiger partial charge in [0.2, 0.25) is 0 Å². The van der Waals surface area contributed by atoms with Crippen molar-refractivity contribution in [1.82, 2.24) is 9.97 Å². The Kier molecular flexibility index (Phi) is 9.87. The largest absolute Gasteiger partial charge is 0.236 e. The van der Waals surface area contributed by atoms with Crippen molar-refractivity contribution < 1.29 is 4.39 Å². The Labute approximate surface area is 193 Å². The van der Waals surface area contributed by atoms with E-state index in [1.165, 1.54) is 56.9 Å². The molecule has 0 aliphatic rings. The molecule has 170 valence electrons. The molecular weight excluding hydrogens is 395 g/mol. The van der Waals surface area contributed by atoms with E-state index in [4.69, 9.17) is 0 Å². The molecule has 0 fully saturated rings. The molecule has 0 aliphatic heterocycles. The standard InChI is InChI=1S/C29H37FN2/c1-3-5-7-8-9-11-13-24-21-31-29(32-22-24)26-17-15-25(16-18-26)27-19-14-23(20-28(27)30)12-10-6-4-2/h14-22H,3-13H2,1-2H3. The zero-order chi connectivity index (χ0) is 22.6. The van der Waals surface area contributed by atoms with Gasteiger partial charge in [-0.1, -0.05) is 95.2 Å². The molecule has 1 heterocycles. The number of halogens is 1. The van der Waals surface area contributed by atoms with Crippen LogP contribution in [0, 0.1) is 5.82 Å². The maximum absolute atomic E-state index is 14.7. The Hall–Kier alpha value is -2.55. The van der Waals surface area contributed by atoms with E-state index in [0.29, 0.717) is 5.56 Å². The summed E-state index contributed by atoms with van der Waals surface area (Å²) in [5.74, 6) is 0.567. The summed E-state index contributed by atoms with van der Waals surface area (Å²) in [6.45, 7) is 4.43. The van der Waals surface area contributed by atoms with Crippen LogP contribution in [-0.4, -0.2) is 9.97 Å². The van der Waals surface area contributed by atoms with Gasteiger partial charge in [-0.25, -0.2) is 14.4 Å². The molecule has 0 N–H and O–H groups in total. The molecule has 3 heteroatoms. The van der Waals surface area contributed by atoms with E-state index >= 15 is 0 Å². The highest BCUT2D eigenvalue weighted by molar-refractivity contribution is 5.68. The number of aryl methyl sites for hydroxylation is 2. The van der Waals surface area contributed by atoms with Gasteiger partial charge in [-0.3, -0.25) is 0 Å². The van der Waals surface area contributed by atoms with Gasteiger partial charge in [-0.15, -0.1) is 0 Å². The summed E-state index contributed by atoms with van der Waals surface area (Å²) in [6.07, 6.45) is 17.1. The van der Waals surface area contributed by atoms with Crippen molar-refractivity contribution >= 4 is 0 Å². The van der Waals surface area contributed by atoms with Gasteiger partial charge >= 0.3 is 0 Å². The Morgan fingerprint density at radius 1 is 0.625 bits per heavy atom. The molecule has 2 nitrogen and oxygen atoms in total. The summed E-state index contributed by atoms with van der Waals surface area (Å²) in [5, 5.41) is 0. The normalized spacial score (nSPS) is 11.1. The molecule has 2 aromatic carbocycles. The van der Waals surface area contributed by atoms with Crippen molar-refractivity contribution in [2.24, 2.45) is 0 Å². The van der Waals surface area contributed by atoms with Crippen molar-refractivity contribution in [2.75, 3.05) is 0 Å². The van der Waals surface area contributed by atoms with Crippen LogP contribution in [0.5, 0.6) is 0 Å². The lowest BCUT2D eigenvalue weighted by atomic mass is 9.99. The maximum atomic E-state index is 14.7. The summed E-state index contributed by atoms with van der Waals surface area (Å²) in [7, 11) is 0. The Morgan fingerprint density at radius 3 is 1.88 bits per heavy atom. The van der Waals surface area contributed by atoms with Crippen LogP contribution in [0.15, 0.2) is 54.9 Å². The van der Waals surface area contributed by atoms with E-state index in [1.807, 2.05) is 48.8 Å². The molecule has 0 aliphatic carbocycles. The molecule has 0 bridgehead atoms. The summed E-state index contributed by atoms with van der Waals surface area (Å²) in [4.78, 5) is 9.12. The van der Waals surface area contributed by atoms with Gasteiger partial charge in [0.05, 0.1) is 0 Å². The van der Waals surface area contributed by atoms with E-state index in [-0.39, 0.29) is 5.82 Å². The molecule has 0 spiro atoms. The van der Waals surface area contributed by atoms with Crippen molar-refractivity contribution in [3.05, 3.63) is 71.8 Å². The van der Waals surface area contributed by atoms with E-state index < -0.39 is 0 Å². The van der Waals surface area contributed by atoms with Gasteiger partial charge in [0.15, 0.2) is 5.82 Å². The van der Waals surface area contributed by atoms with Gasteiger partial charge in [0.25, 0.3) is 0 Å². The number of aromatic nitrogens is 2. The van der Waals surface area contributed by atoms with Gasteiger partial charge in [-0.05, 0) is 48.4 Å². The number of hydrogen-bond donors (Lipinski definition) is 0. The number of hydrogen-bond acceptors (Lipinski definition) is 2. The molecule has 0 saturated heterocycles. The van der Waals surface area contributed by atoms with Crippen molar-refractivity contribution in [2.45, 2.75) is 84.5 Å². The monoisotopic (exact) mass is 432 g/mol. The highest BCUT2D eigenvalue weighted by Gasteiger charge is 2.08. The van der Waals surface area contributed by atoms with E-state index in [0.717, 1.165) is 41.8 Å². The third-order valence-corrected chi connectivity index (χ3v) is 6.08. The average Bonchev–Trinajstić information content (AvgIpc) is 2.82. The first kappa shape index (κ1) is 24.1. The van der Waals surface area contributed by atoms with Crippen LogP contribution in [0.25, 0.3) is 22.5 Å². The van der Waals surface area contributed by atoms with E-state index in [2.05, 4.69) is 23.8 Å². The van der Waals surface area contributed by atoms with Gasteiger partial charge < -0.3 is 0 Å². The second-order valence-electron chi connectivity index (χ2n) is 8.78. The van der Waals surface area contributed by atoms with Crippen LogP contribution >= 0.6 is 0 Å². The summed E-state index contributed by atoms with van der Waals surface area (Å²) in [6, 6.07) is 13.5. The summed E-state index contributed by atoms with van der Waals surface area (Å²) in [5.41, 5.74) is 4.75. The van der Waals surface area contributed by atoms with Crippen LogP contribution in [0.4, 0.5) is 4.39 Å². The molecule has 0 atom stereocenters. The fourth-order valence-corrected chi connectivity index (χ4v) is 4.07. The lowest BCUT2D eigenvalue weighted by Gasteiger charge is -2.08. The zero-order valence-electron chi connectivity index (χ0n) is 19.7. The number of benzene rings is 2. The molecule has 3 rings (SSSR count). The third kappa shape index (κ3) is 7.25. The van der Waals surface area contributed by atoms with Gasteiger partial charge in [-0.2, -0.15) is 0 Å². The molecular formula is C29H37FN2. The smallest absolute Gasteiger partial charge is 0.159 e. The molecule has 32 heavy (non-hydrogen) atoms. The minimum atomic E-state index is -0.151. The minimum Gasteiger partial charge on any atom is -0.236 e. The number of nitrogens with zero attached hydrogens (tertiary/aromatic N) is 2. The first-order chi connectivity index (χ1) is 15.7. The fraction of sp³-hybridized carbons (Fsp3) is 0.448. The summed E-state index contributed by atoms with van der Waals surface area (Å²) < 4.78 is 14.7. The van der Waals surface area contributed by atoms with Crippen LogP contribution in [0.2, 0.25) is 0 Å². The fourth-order valence-electron chi connectivity index (χ4n) is 4.07. The van der Waals surface area contributed by atoms with Crippen molar-refractivity contribution in [1.29, 1.82) is 0 Å². The lowest BCUT2D eigenvalue weighted by molar-refractivity contribution is 0.607. The molecule has 0 saturated carbocycles. The maximum Gasteiger partial charge on any atom is 0.159 e. The molecule has 1 aromatic heterocycles. The molecule has 0 amide bonds. The predicted octanol–water partition coefficient (Wildman–Crippen LogP) is 8.59. The van der Waals surface area contributed by atoms with E-state index in [9.17, 15) is 4.39 Å². The Balaban J connectivity index is 1.57. The third-order valence-electron chi connectivity index (χ3n) is 6.08. The molecule has 3 aromatic rings. The van der Waals surface area contributed by atoms with Gasteiger partial charge in [0.1, 0.15) is 5.82 Å². The second-order valence-corrected chi connectivity index (χ2v) is 8.78. The van der Waals surface area contributed by atoms with E-state index in [1.54, 1.807) is 6.07 Å². The SMILES string of the molecule is CCCCCCCCc1cnc(-c2ccc(-c3ccc(CCCCC)cc3F)cc2)nc1. The highest BCUT2D eigenvalue weighted by atomic mass is 19.1. The second kappa shape index (κ2) is 13.1. The first-order valence-electron chi connectivity index (χ1n) is 12.4. The zero-order valence-corrected chi connectivity index (χ0v) is 19.7. The Bertz CT molecular complexity index is 932. The quantitative estimate of drug-likeness (QED) is 0.253. The molecule has 0 unspecified atom stereocenters. The van der Waals surface area contributed by atoms with Gasteiger partial charge in [0, 0.05) is 23.5 Å². The van der Waals surface area contributed by atoms with Crippen LogP contribution in [-0.2, 0) is 12.8 Å². The number of unbranched alkanes of at least 4 members (excludes halogenated alkanes) is 7. The van der Waals surface area contributed by atoms with Crippen LogP contribution < -0.4 is 0 Å². The number of rotatable bonds is 13. The predicted molar refractivity (Wildman–Crippen MR) is 133 cm³/mol. The molecule has 0 radical (unpaired) electrons. The summed E-state index contributed by atoms with van der Waals surface area (Å²) >= 11 is 0. The average molecular weight is 433 g/mol. The topological polar surface area (TPSA) is 25.8 Å². The van der Waals surface area contributed by atoms with Crippen LogP contribution in [0.1, 0.15) is 82.8 Å². The minimum absolute atomic E-state index is 0.151. The first-order valence-corrected chi connectivity index (χ1v) is 12.4. The lowest BCUT2D eigenvalue weighted by Crippen LogP contribution is -1.94. The Morgan fingerprint density at radius 2 is 1.19 bits per heavy atom. The van der Waals surface area contributed by atoms with Crippen molar-refractivity contribution in [3.8, 4) is 22.5 Å². The highest BCUT2D eigenvalue weighted by Crippen LogP contribution is 2.26. The van der Waals surface area contributed by atoms with Crippen LogP contribution in [0.3, 0.4) is 0 Å². The van der Waals surface area contributed by atoms with Crippen molar-refractivity contribution in [3.63, 3.8) is 0 Å².